The van der Waals surface area contributed by atoms with E-state index in [9.17, 15) is 5.11 Å². The van der Waals surface area contributed by atoms with Gasteiger partial charge in [-0.2, -0.15) is 0 Å². The van der Waals surface area contributed by atoms with Gasteiger partial charge >= 0.3 is 0 Å². The molecule has 5 rings (SSSR count). The minimum Gasteiger partial charge on any atom is -0.390 e. The summed E-state index contributed by atoms with van der Waals surface area (Å²) < 4.78 is 5.94. The van der Waals surface area contributed by atoms with Gasteiger partial charge in [0.1, 0.15) is 0 Å². The first kappa shape index (κ1) is 17.7. The van der Waals surface area contributed by atoms with E-state index in [1.54, 1.807) is 5.57 Å². The highest BCUT2D eigenvalue weighted by molar-refractivity contribution is 5.25. The molecule has 1 saturated heterocycles. The minimum absolute atomic E-state index is 0.191. The van der Waals surface area contributed by atoms with Gasteiger partial charge in [0.05, 0.1) is 17.8 Å². The van der Waals surface area contributed by atoms with Gasteiger partial charge in [-0.05, 0) is 106 Å². The van der Waals surface area contributed by atoms with E-state index in [-0.39, 0.29) is 5.60 Å². The molecule has 5 aliphatic rings. The summed E-state index contributed by atoms with van der Waals surface area (Å²) in [6, 6.07) is 0. The first-order valence-electron chi connectivity index (χ1n) is 11.2. The van der Waals surface area contributed by atoms with Crippen molar-refractivity contribution < 1.29 is 9.84 Å². The molecular weight excluding hydrogens is 320 g/mol. The van der Waals surface area contributed by atoms with E-state index < -0.39 is 5.60 Å². The van der Waals surface area contributed by atoms with Crippen LogP contribution in [-0.2, 0) is 4.74 Å². The van der Waals surface area contributed by atoms with Crippen LogP contribution >= 0.6 is 0 Å². The number of ether oxygens (including phenoxy) is 1. The molecule has 4 fully saturated rings. The number of epoxide rings is 1. The number of rotatable bonds is 1. The maximum atomic E-state index is 10.7. The molecule has 2 nitrogen and oxygen atoms in total. The number of hydrogen-bond acceptors (Lipinski definition) is 2. The SMILES string of the molecule is CC1([C@H]2CC[C@H]3[C@@H]4CC=C5CC[C@](C)(O)CC[C@]5(C)[C@H]4CC[C@]23C)CO1. The fourth-order valence-electron chi connectivity index (χ4n) is 8.27. The lowest BCUT2D eigenvalue weighted by Crippen LogP contribution is -2.50. The minimum atomic E-state index is -0.462. The Morgan fingerprint density at radius 2 is 1.73 bits per heavy atom. The van der Waals surface area contributed by atoms with Crippen LogP contribution in [0.2, 0.25) is 0 Å². The standard InChI is InChI=1S/C24H38O2/c1-21(25)11-9-16-5-6-17-18-7-8-20(24(4)15-26-24)23(18,3)12-10-19(17)22(16,2)14-13-21/h5,17-20,25H,6-15H2,1-4H3/t17-,18-,19-,20-,21-,22-,23-,24?/m0/s1. The molecule has 0 amide bonds. The summed E-state index contributed by atoms with van der Waals surface area (Å²) in [4.78, 5) is 0. The Bertz CT molecular complexity index is 630. The fraction of sp³-hybridized carbons (Fsp3) is 0.917. The second kappa shape index (κ2) is 5.38. The van der Waals surface area contributed by atoms with Crippen LogP contribution in [-0.4, -0.2) is 22.9 Å². The van der Waals surface area contributed by atoms with Crippen LogP contribution in [0.25, 0.3) is 0 Å². The first-order valence-corrected chi connectivity index (χ1v) is 11.2. The van der Waals surface area contributed by atoms with E-state index in [0.29, 0.717) is 10.8 Å². The third kappa shape index (κ3) is 2.37. The Morgan fingerprint density at radius 3 is 2.46 bits per heavy atom. The average molecular weight is 359 g/mol. The van der Waals surface area contributed by atoms with Crippen molar-refractivity contribution in [2.45, 2.75) is 96.7 Å². The summed E-state index contributed by atoms with van der Waals surface area (Å²) in [6.07, 6.45) is 13.7. The van der Waals surface area contributed by atoms with Crippen molar-refractivity contribution in [2.24, 2.45) is 34.5 Å². The van der Waals surface area contributed by atoms with Gasteiger partial charge in [0.15, 0.2) is 0 Å². The van der Waals surface area contributed by atoms with Crippen LogP contribution in [0.15, 0.2) is 11.6 Å². The summed E-state index contributed by atoms with van der Waals surface area (Å²) in [5, 5.41) is 10.7. The number of allylic oxidation sites excluding steroid dienone is 2. The molecule has 1 unspecified atom stereocenters. The fourth-order valence-corrected chi connectivity index (χ4v) is 8.27. The Kier molecular flexibility index (Phi) is 3.67. The second-order valence-corrected chi connectivity index (χ2v) is 11.5. The van der Waals surface area contributed by atoms with Crippen molar-refractivity contribution in [3.05, 3.63) is 11.6 Å². The lowest BCUT2D eigenvalue weighted by molar-refractivity contribution is -0.0516. The lowest BCUT2D eigenvalue weighted by atomic mass is 9.48. The van der Waals surface area contributed by atoms with Crippen molar-refractivity contribution >= 4 is 0 Å². The van der Waals surface area contributed by atoms with Gasteiger partial charge in [-0.3, -0.25) is 0 Å². The topological polar surface area (TPSA) is 32.8 Å². The van der Waals surface area contributed by atoms with Gasteiger partial charge in [-0.1, -0.05) is 25.5 Å². The molecule has 0 aromatic heterocycles. The smallest absolute Gasteiger partial charge is 0.0921 e. The molecule has 0 aromatic rings. The number of hydrogen-bond donors (Lipinski definition) is 1. The van der Waals surface area contributed by atoms with Crippen molar-refractivity contribution in [3.63, 3.8) is 0 Å². The molecule has 0 aromatic carbocycles. The molecule has 1 heterocycles. The zero-order valence-electron chi connectivity index (χ0n) is 17.3. The second-order valence-electron chi connectivity index (χ2n) is 11.5. The maximum Gasteiger partial charge on any atom is 0.0921 e. The molecule has 1 aliphatic heterocycles. The molecule has 0 radical (unpaired) electrons. The largest absolute Gasteiger partial charge is 0.390 e. The summed E-state index contributed by atoms with van der Waals surface area (Å²) in [5.74, 6) is 3.35. The molecule has 26 heavy (non-hydrogen) atoms. The van der Waals surface area contributed by atoms with Crippen LogP contribution in [0.5, 0.6) is 0 Å². The van der Waals surface area contributed by atoms with Crippen molar-refractivity contribution in [1.29, 1.82) is 0 Å². The molecule has 146 valence electrons. The van der Waals surface area contributed by atoms with Crippen LogP contribution < -0.4 is 0 Å². The van der Waals surface area contributed by atoms with Gasteiger partial charge in [0.25, 0.3) is 0 Å². The molecule has 0 bridgehead atoms. The average Bonchev–Trinajstić information content (AvgIpc) is 3.23. The number of fused-ring (bicyclic) bond motifs is 5. The zero-order valence-corrected chi connectivity index (χ0v) is 17.3. The van der Waals surface area contributed by atoms with Gasteiger partial charge in [0, 0.05) is 0 Å². The first-order chi connectivity index (χ1) is 12.2. The zero-order chi connectivity index (χ0) is 18.4. The maximum absolute atomic E-state index is 10.7. The number of aliphatic hydroxyl groups is 1. The Balaban J connectivity index is 1.45. The summed E-state index contributed by atoms with van der Waals surface area (Å²) in [7, 11) is 0. The van der Waals surface area contributed by atoms with E-state index in [1.165, 1.54) is 38.5 Å². The van der Waals surface area contributed by atoms with Crippen molar-refractivity contribution in [1.82, 2.24) is 0 Å². The van der Waals surface area contributed by atoms with Gasteiger partial charge < -0.3 is 9.84 Å². The quantitative estimate of drug-likeness (QED) is 0.496. The molecule has 3 saturated carbocycles. The third-order valence-electron chi connectivity index (χ3n) is 10.1. The van der Waals surface area contributed by atoms with E-state index in [4.69, 9.17) is 4.74 Å². The van der Waals surface area contributed by atoms with Gasteiger partial charge in [-0.15, -0.1) is 0 Å². The van der Waals surface area contributed by atoms with Crippen LogP contribution in [0.1, 0.15) is 85.5 Å². The predicted molar refractivity (Wildman–Crippen MR) is 105 cm³/mol. The molecular formula is C24H38O2. The predicted octanol–water partition coefficient (Wildman–Crippen LogP) is 5.50. The molecule has 1 N–H and O–H groups in total. The normalized spacial score (nSPS) is 58.9. The lowest BCUT2D eigenvalue weighted by Gasteiger charge is -2.56. The van der Waals surface area contributed by atoms with E-state index in [2.05, 4.69) is 33.8 Å². The van der Waals surface area contributed by atoms with Crippen molar-refractivity contribution in [2.75, 3.05) is 6.61 Å². The van der Waals surface area contributed by atoms with E-state index >= 15 is 0 Å². The summed E-state index contributed by atoms with van der Waals surface area (Å²) >= 11 is 0. The van der Waals surface area contributed by atoms with Crippen LogP contribution in [0.3, 0.4) is 0 Å². The van der Waals surface area contributed by atoms with E-state index in [0.717, 1.165) is 49.5 Å². The monoisotopic (exact) mass is 358 g/mol. The van der Waals surface area contributed by atoms with E-state index in [1.807, 2.05) is 0 Å². The Labute approximate surface area is 159 Å². The van der Waals surface area contributed by atoms with Crippen molar-refractivity contribution in [3.8, 4) is 0 Å². The summed E-state index contributed by atoms with van der Waals surface area (Å²) in [6.45, 7) is 10.6. The van der Waals surface area contributed by atoms with Crippen LogP contribution in [0.4, 0.5) is 0 Å². The molecule has 4 aliphatic carbocycles. The Morgan fingerprint density at radius 1 is 0.962 bits per heavy atom. The third-order valence-corrected chi connectivity index (χ3v) is 10.1. The molecule has 2 heteroatoms. The van der Waals surface area contributed by atoms with Gasteiger partial charge in [0.2, 0.25) is 0 Å². The summed E-state index contributed by atoms with van der Waals surface area (Å²) in [5.41, 5.74) is 2.24. The highest BCUT2D eigenvalue weighted by Crippen LogP contribution is 2.68. The molecule has 0 spiro atoms. The molecule has 8 atom stereocenters. The van der Waals surface area contributed by atoms with Gasteiger partial charge in [-0.25, -0.2) is 0 Å². The highest BCUT2D eigenvalue weighted by Gasteiger charge is 2.64. The van der Waals surface area contributed by atoms with Crippen LogP contribution in [0, 0.1) is 34.5 Å². The highest BCUT2D eigenvalue weighted by atomic mass is 16.6. The Hall–Kier alpha value is -0.340.